The van der Waals surface area contributed by atoms with Gasteiger partial charge in [-0.25, -0.2) is 0 Å². The van der Waals surface area contributed by atoms with Gasteiger partial charge in [0.05, 0.1) is 5.92 Å². The van der Waals surface area contributed by atoms with Crippen LogP contribution in [-0.4, -0.2) is 39.2 Å². The lowest BCUT2D eigenvalue weighted by Crippen LogP contribution is -2.36. The van der Waals surface area contributed by atoms with Gasteiger partial charge < -0.3 is 10.4 Å². The van der Waals surface area contributed by atoms with E-state index in [-0.39, 0.29) is 23.0 Å². The summed E-state index contributed by atoms with van der Waals surface area (Å²) in [5.74, 6) is -1.42. The maximum absolute atomic E-state index is 11.9. The summed E-state index contributed by atoms with van der Waals surface area (Å²) >= 11 is 0. The molecule has 1 amide bonds. The standard InChI is InChI=1S/C13H23NO4S/c1-9(19(2)18)6-7-14-12(15)10-4-3-5-11(8-10)13(16)17/h9-11H,3-8H2,1-2H3,(H,14,15)(H,16,17). The number of carboxylic acid groups (broad SMARTS) is 1. The first-order valence-corrected chi connectivity index (χ1v) is 8.36. The van der Waals surface area contributed by atoms with Crippen LogP contribution in [0.1, 0.15) is 39.0 Å². The van der Waals surface area contributed by atoms with Crippen LogP contribution in [0.2, 0.25) is 0 Å². The summed E-state index contributed by atoms with van der Waals surface area (Å²) in [6.07, 6.45) is 5.02. The monoisotopic (exact) mass is 289 g/mol. The van der Waals surface area contributed by atoms with E-state index in [1.165, 1.54) is 0 Å². The molecule has 110 valence electrons. The quantitative estimate of drug-likeness (QED) is 0.768. The molecule has 0 aliphatic heterocycles. The zero-order valence-electron chi connectivity index (χ0n) is 11.6. The summed E-state index contributed by atoms with van der Waals surface area (Å²) in [4.78, 5) is 22.9. The Labute approximate surface area is 116 Å². The number of carboxylic acids is 1. The van der Waals surface area contributed by atoms with Crippen molar-refractivity contribution in [3.63, 3.8) is 0 Å². The van der Waals surface area contributed by atoms with Crippen LogP contribution in [0, 0.1) is 11.8 Å². The van der Waals surface area contributed by atoms with E-state index in [1.54, 1.807) is 6.26 Å². The predicted octanol–water partition coefficient (Wildman–Crippen LogP) is 1.15. The van der Waals surface area contributed by atoms with Crippen molar-refractivity contribution in [2.45, 2.75) is 44.3 Å². The van der Waals surface area contributed by atoms with Crippen molar-refractivity contribution >= 4 is 22.7 Å². The van der Waals surface area contributed by atoms with Gasteiger partial charge in [0.2, 0.25) is 5.91 Å². The molecule has 0 aromatic carbocycles. The molecule has 1 rings (SSSR count). The SMILES string of the molecule is CC(CCNC(=O)C1CCCC(C(=O)O)C1)S(C)=O. The molecule has 0 aromatic rings. The Balaban J connectivity index is 2.33. The summed E-state index contributed by atoms with van der Waals surface area (Å²) in [5.41, 5.74) is 0. The molecule has 19 heavy (non-hydrogen) atoms. The Kier molecular flexibility index (Phi) is 6.48. The van der Waals surface area contributed by atoms with Crippen molar-refractivity contribution in [1.82, 2.24) is 5.32 Å². The summed E-state index contributed by atoms with van der Waals surface area (Å²) in [6, 6.07) is 0. The van der Waals surface area contributed by atoms with Crippen LogP contribution < -0.4 is 5.32 Å². The van der Waals surface area contributed by atoms with Crippen LogP contribution in [0.15, 0.2) is 0 Å². The Morgan fingerprint density at radius 2 is 2.00 bits per heavy atom. The Morgan fingerprint density at radius 3 is 2.58 bits per heavy atom. The third-order valence-electron chi connectivity index (χ3n) is 3.81. The number of nitrogens with one attached hydrogen (secondary N) is 1. The van der Waals surface area contributed by atoms with Crippen molar-refractivity contribution in [1.29, 1.82) is 0 Å². The van der Waals surface area contributed by atoms with Crippen LogP contribution >= 0.6 is 0 Å². The number of carbonyl (C=O) groups is 2. The number of hydrogen-bond donors (Lipinski definition) is 2. The molecule has 1 saturated carbocycles. The van der Waals surface area contributed by atoms with Gasteiger partial charge in [-0.3, -0.25) is 13.8 Å². The van der Waals surface area contributed by atoms with E-state index in [9.17, 15) is 13.8 Å². The molecule has 0 spiro atoms. The lowest BCUT2D eigenvalue weighted by Gasteiger charge is -2.25. The Morgan fingerprint density at radius 1 is 1.37 bits per heavy atom. The highest BCUT2D eigenvalue weighted by atomic mass is 32.2. The molecule has 0 heterocycles. The van der Waals surface area contributed by atoms with Crippen molar-refractivity contribution in [3.8, 4) is 0 Å². The molecule has 0 saturated heterocycles. The number of aliphatic carboxylic acids is 1. The second-order valence-corrected chi connectivity index (χ2v) is 7.09. The molecule has 2 N–H and O–H groups in total. The topological polar surface area (TPSA) is 83.5 Å². The lowest BCUT2D eigenvalue weighted by molar-refractivity contribution is -0.144. The second kappa shape index (κ2) is 7.62. The first kappa shape index (κ1) is 16.1. The number of hydrogen-bond acceptors (Lipinski definition) is 3. The highest BCUT2D eigenvalue weighted by Gasteiger charge is 2.30. The Hall–Kier alpha value is -0.910. The maximum Gasteiger partial charge on any atom is 0.306 e. The third kappa shape index (κ3) is 5.30. The van der Waals surface area contributed by atoms with E-state index in [2.05, 4.69) is 5.32 Å². The predicted molar refractivity (Wildman–Crippen MR) is 74.2 cm³/mol. The molecule has 0 radical (unpaired) electrons. The Bertz CT molecular complexity index is 359. The minimum absolute atomic E-state index is 0.0555. The molecular weight excluding hydrogens is 266 g/mol. The van der Waals surface area contributed by atoms with E-state index < -0.39 is 16.8 Å². The molecule has 4 atom stereocenters. The average molecular weight is 289 g/mol. The molecule has 1 aliphatic carbocycles. The zero-order valence-corrected chi connectivity index (χ0v) is 12.4. The van der Waals surface area contributed by atoms with E-state index in [4.69, 9.17) is 5.11 Å². The van der Waals surface area contributed by atoms with Crippen LogP contribution in [0.3, 0.4) is 0 Å². The molecule has 1 aliphatic rings. The van der Waals surface area contributed by atoms with Gasteiger partial charge in [0, 0.05) is 34.8 Å². The van der Waals surface area contributed by atoms with Crippen LogP contribution in [0.4, 0.5) is 0 Å². The van der Waals surface area contributed by atoms with E-state index >= 15 is 0 Å². The van der Waals surface area contributed by atoms with Gasteiger partial charge in [0.15, 0.2) is 0 Å². The summed E-state index contributed by atoms with van der Waals surface area (Å²) in [5, 5.41) is 11.9. The molecule has 1 fully saturated rings. The number of carbonyl (C=O) groups excluding carboxylic acids is 1. The van der Waals surface area contributed by atoms with Crippen molar-refractivity contribution in [3.05, 3.63) is 0 Å². The normalized spacial score (nSPS) is 26.4. The number of amides is 1. The highest BCUT2D eigenvalue weighted by molar-refractivity contribution is 7.84. The first-order chi connectivity index (χ1) is 8.91. The smallest absolute Gasteiger partial charge is 0.306 e. The fourth-order valence-corrected chi connectivity index (χ4v) is 2.81. The molecule has 0 aromatic heterocycles. The lowest BCUT2D eigenvalue weighted by atomic mass is 9.81. The van der Waals surface area contributed by atoms with Gasteiger partial charge in [-0.05, 0) is 25.7 Å². The van der Waals surface area contributed by atoms with Gasteiger partial charge in [0.25, 0.3) is 0 Å². The van der Waals surface area contributed by atoms with Crippen LogP contribution in [0.25, 0.3) is 0 Å². The highest BCUT2D eigenvalue weighted by Crippen LogP contribution is 2.29. The fourth-order valence-electron chi connectivity index (χ4n) is 2.36. The molecule has 0 bridgehead atoms. The van der Waals surface area contributed by atoms with E-state index in [0.717, 1.165) is 12.8 Å². The molecular formula is C13H23NO4S. The largest absolute Gasteiger partial charge is 0.481 e. The molecule has 5 nitrogen and oxygen atoms in total. The van der Waals surface area contributed by atoms with Gasteiger partial charge in [-0.2, -0.15) is 0 Å². The second-order valence-electron chi connectivity index (χ2n) is 5.29. The van der Waals surface area contributed by atoms with Gasteiger partial charge in [-0.1, -0.05) is 13.3 Å². The third-order valence-corrected chi connectivity index (χ3v) is 5.18. The maximum atomic E-state index is 11.9. The van der Waals surface area contributed by atoms with Crippen LogP contribution in [0.5, 0.6) is 0 Å². The summed E-state index contributed by atoms with van der Waals surface area (Å²) in [7, 11) is -0.871. The minimum Gasteiger partial charge on any atom is -0.481 e. The van der Waals surface area contributed by atoms with E-state index in [1.807, 2.05) is 6.92 Å². The van der Waals surface area contributed by atoms with Gasteiger partial charge >= 0.3 is 5.97 Å². The van der Waals surface area contributed by atoms with E-state index in [0.29, 0.717) is 25.8 Å². The van der Waals surface area contributed by atoms with Crippen molar-refractivity contribution < 1.29 is 18.9 Å². The zero-order chi connectivity index (χ0) is 14.4. The average Bonchev–Trinajstić information content (AvgIpc) is 2.38. The first-order valence-electron chi connectivity index (χ1n) is 6.74. The van der Waals surface area contributed by atoms with Crippen molar-refractivity contribution in [2.75, 3.05) is 12.8 Å². The summed E-state index contributed by atoms with van der Waals surface area (Å²) in [6.45, 7) is 2.40. The molecule has 6 heteroatoms. The van der Waals surface area contributed by atoms with Crippen LogP contribution in [-0.2, 0) is 20.4 Å². The van der Waals surface area contributed by atoms with Gasteiger partial charge in [0.1, 0.15) is 0 Å². The van der Waals surface area contributed by atoms with Crippen molar-refractivity contribution in [2.24, 2.45) is 11.8 Å². The number of rotatable bonds is 6. The fraction of sp³-hybridized carbons (Fsp3) is 0.846. The van der Waals surface area contributed by atoms with Gasteiger partial charge in [-0.15, -0.1) is 0 Å². The molecule has 4 unspecified atom stereocenters. The minimum atomic E-state index is -0.871. The summed E-state index contributed by atoms with van der Waals surface area (Å²) < 4.78 is 11.2.